The Labute approximate surface area is 174 Å². The third-order valence-electron chi connectivity index (χ3n) is 6.78. The zero-order valence-electron chi connectivity index (χ0n) is 16.7. The lowest BCUT2D eigenvalue weighted by Crippen LogP contribution is -2.38. The Morgan fingerprint density at radius 1 is 0.900 bits per heavy atom. The van der Waals surface area contributed by atoms with Crippen LogP contribution in [0.2, 0.25) is 0 Å². The summed E-state index contributed by atoms with van der Waals surface area (Å²) < 4.78 is 0. The third-order valence-corrected chi connectivity index (χ3v) is 6.78. The van der Waals surface area contributed by atoms with Crippen LogP contribution in [0.25, 0.3) is 33.3 Å². The third kappa shape index (κ3) is 2.87. The smallest absolute Gasteiger partial charge is 0.151 e. The molecule has 3 N–H and O–H groups in total. The van der Waals surface area contributed by atoms with Crippen molar-refractivity contribution in [2.24, 2.45) is 5.41 Å². The summed E-state index contributed by atoms with van der Waals surface area (Å²) in [6, 6.07) is 8.35. The molecule has 0 radical (unpaired) electrons. The van der Waals surface area contributed by atoms with E-state index in [1.807, 2.05) is 18.6 Å². The number of nitrogens with one attached hydrogen (secondary N) is 3. The molecule has 2 fully saturated rings. The molecule has 0 amide bonds. The van der Waals surface area contributed by atoms with Crippen LogP contribution in [0, 0.1) is 5.41 Å². The molecule has 2 aliphatic rings. The molecular weight excluding hydrogens is 376 g/mol. The number of fused-ring (bicyclic) bond motifs is 1. The SMILES string of the molecule is c1n[nH]cc1-c1ccc(-c2ccc(N3CCC4(CCNCC4)C3)nn2)c2[nH]ncc12. The molecule has 30 heavy (non-hydrogen) atoms. The first-order valence-electron chi connectivity index (χ1n) is 10.6. The number of nitrogens with zero attached hydrogens (tertiary/aromatic N) is 5. The summed E-state index contributed by atoms with van der Waals surface area (Å²) >= 11 is 0. The highest BCUT2D eigenvalue weighted by atomic mass is 15.3. The van der Waals surface area contributed by atoms with Crippen LogP contribution in [0.1, 0.15) is 19.3 Å². The maximum absolute atomic E-state index is 4.59. The number of hydrogen-bond acceptors (Lipinski definition) is 6. The molecule has 5 heterocycles. The summed E-state index contributed by atoms with van der Waals surface area (Å²) in [7, 11) is 0. The van der Waals surface area contributed by atoms with E-state index in [9.17, 15) is 0 Å². The van der Waals surface area contributed by atoms with Crippen molar-refractivity contribution in [3.63, 3.8) is 0 Å². The Bertz CT molecular complexity index is 1160. The number of piperidine rings is 1. The van der Waals surface area contributed by atoms with Crippen LogP contribution in [0.4, 0.5) is 5.82 Å². The van der Waals surface area contributed by atoms with E-state index in [-0.39, 0.29) is 0 Å². The first-order chi connectivity index (χ1) is 14.8. The van der Waals surface area contributed by atoms with Crippen molar-refractivity contribution in [3.8, 4) is 22.4 Å². The Morgan fingerprint density at radius 2 is 1.80 bits per heavy atom. The van der Waals surface area contributed by atoms with Crippen molar-refractivity contribution >= 4 is 16.7 Å². The minimum absolute atomic E-state index is 0.455. The molecule has 1 spiro atoms. The highest BCUT2D eigenvalue weighted by Crippen LogP contribution is 2.40. The first-order valence-corrected chi connectivity index (χ1v) is 10.6. The average Bonchev–Trinajstić information content (AvgIpc) is 3.55. The molecule has 8 heteroatoms. The van der Waals surface area contributed by atoms with E-state index in [4.69, 9.17) is 0 Å². The van der Waals surface area contributed by atoms with Gasteiger partial charge in [0.15, 0.2) is 5.82 Å². The monoisotopic (exact) mass is 400 g/mol. The molecule has 0 bridgehead atoms. The van der Waals surface area contributed by atoms with Crippen molar-refractivity contribution < 1.29 is 0 Å². The number of aromatic nitrogens is 6. The van der Waals surface area contributed by atoms with Gasteiger partial charge in [-0.2, -0.15) is 10.2 Å². The van der Waals surface area contributed by atoms with E-state index < -0.39 is 0 Å². The minimum Gasteiger partial charge on any atom is -0.355 e. The maximum atomic E-state index is 4.59. The molecule has 0 saturated carbocycles. The highest BCUT2D eigenvalue weighted by Gasteiger charge is 2.39. The van der Waals surface area contributed by atoms with Crippen LogP contribution >= 0.6 is 0 Å². The molecule has 0 unspecified atom stereocenters. The van der Waals surface area contributed by atoms with Gasteiger partial charge < -0.3 is 10.2 Å². The average molecular weight is 400 g/mol. The summed E-state index contributed by atoms with van der Waals surface area (Å²) in [6.07, 6.45) is 9.34. The fourth-order valence-electron chi connectivity index (χ4n) is 5.03. The first kappa shape index (κ1) is 17.6. The molecule has 2 aliphatic heterocycles. The van der Waals surface area contributed by atoms with Crippen molar-refractivity contribution in [1.29, 1.82) is 0 Å². The van der Waals surface area contributed by atoms with Crippen LogP contribution in [-0.4, -0.2) is 56.8 Å². The van der Waals surface area contributed by atoms with Crippen molar-refractivity contribution in [3.05, 3.63) is 42.9 Å². The molecule has 152 valence electrons. The molecule has 3 aromatic heterocycles. The number of rotatable bonds is 3. The van der Waals surface area contributed by atoms with E-state index >= 15 is 0 Å². The van der Waals surface area contributed by atoms with Gasteiger partial charge in [0.05, 0.1) is 23.6 Å². The summed E-state index contributed by atoms with van der Waals surface area (Å²) in [4.78, 5) is 2.40. The highest BCUT2D eigenvalue weighted by molar-refractivity contribution is 6.01. The predicted molar refractivity (Wildman–Crippen MR) is 116 cm³/mol. The van der Waals surface area contributed by atoms with Crippen molar-refractivity contribution in [2.45, 2.75) is 19.3 Å². The van der Waals surface area contributed by atoms with Crippen molar-refractivity contribution in [1.82, 2.24) is 35.9 Å². The summed E-state index contributed by atoms with van der Waals surface area (Å²) in [5.41, 5.74) is 5.40. The van der Waals surface area contributed by atoms with E-state index in [0.717, 1.165) is 65.3 Å². The second-order valence-corrected chi connectivity index (χ2v) is 8.50. The van der Waals surface area contributed by atoms with Gasteiger partial charge in [0.2, 0.25) is 0 Å². The van der Waals surface area contributed by atoms with Crippen LogP contribution in [-0.2, 0) is 0 Å². The fraction of sp³-hybridized carbons (Fsp3) is 0.364. The van der Waals surface area contributed by atoms with Gasteiger partial charge in [-0.3, -0.25) is 10.2 Å². The molecule has 1 aromatic carbocycles. The van der Waals surface area contributed by atoms with E-state index in [1.54, 1.807) is 0 Å². The van der Waals surface area contributed by atoms with Gasteiger partial charge >= 0.3 is 0 Å². The summed E-state index contributed by atoms with van der Waals surface area (Å²) in [5.74, 6) is 0.977. The van der Waals surface area contributed by atoms with Gasteiger partial charge in [0.1, 0.15) is 0 Å². The van der Waals surface area contributed by atoms with Crippen LogP contribution in [0.5, 0.6) is 0 Å². The predicted octanol–water partition coefficient (Wildman–Crippen LogP) is 2.99. The van der Waals surface area contributed by atoms with Gasteiger partial charge in [-0.05, 0) is 61.5 Å². The van der Waals surface area contributed by atoms with Gasteiger partial charge in [-0.25, -0.2) is 0 Å². The standard InChI is InChI=1S/C22H24N8/c1-2-17(21-18(13-26-29-21)16(1)15-11-24-25-12-15)19-3-4-20(28-27-19)30-10-7-22(14-30)5-8-23-9-6-22/h1-4,11-13,23H,5-10,14H2,(H,24,25)(H,26,29). The van der Waals surface area contributed by atoms with Crippen LogP contribution in [0.3, 0.4) is 0 Å². The maximum Gasteiger partial charge on any atom is 0.151 e. The van der Waals surface area contributed by atoms with E-state index in [2.05, 4.69) is 65.1 Å². The molecule has 8 nitrogen and oxygen atoms in total. The second-order valence-electron chi connectivity index (χ2n) is 8.50. The van der Waals surface area contributed by atoms with Gasteiger partial charge in [-0.15, -0.1) is 10.2 Å². The van der Waals surface area contributed by atoms with Gasteiger partial charge in [-0.1, -0.05) is 6.07 Å². The number of aromatic amines is 2. The summed E-state index contributed by atoms with van der Waals surface area (Å²) in [5, 5.41) is 28.0. The molecule has 0 aliphatic carbocycles. The lowest BCUT2D eigenvalue weighted by Gasteiger charge is -2.33. The Morgan fingerprint density at radius 3 is 2.60 bits per heavy atom. The Balaban J connectivity index is 1.29. The number of H-pyrrole nitrogens is 2. The summed E-state index contributed by atoms with van der Waals surface area (Å²) in [6.45, 7) is 4.42. The van der Waals surface area contributed by atoms with Crippen LogP contribution in [0.15, 0.2) is 42.9 Å². The molecule has 4 aromatic rings. The van der Waals surface area contributed by atoms with E-state index in [0.29, 0.717) is 5.41 Å². The molecule has 2 saturated heterocycles. The fourth-order valence-corrected chi connectivity index (χ4v) is 5.03. The lowest BCUT2D eigenvalue weighted by molar-refractivity contribution is 0.232. The number of hydrogen-bond donors (Lipinski definition) is 3. The largest absolute Gasteiger partial charge is 0.355 e. The van der Waals surface area contributed by atoms with Crippen molar-refractivity contribution in [2.75, 3.05) is 31.1 Å². The van der Waals surface area contributed by atoms with Gasteiger partial charge in [0, 0.05) is 35.8 Å². The number of benzene rings is 1. The minimum atomic E-state index is 0.455. The normalized spacial score (nSPS) is 18.5. The number of anilines is 1. The van der Waals surface area contributed by atoms with E-state index in [1.165, 1.54) is 19.3 Å². The lowest BCUT2D eigenvalue weighted by atomic mass is 9.78. The molecule has 6 rings (SSSR count). The quantitative estimate of drug-likeness (QED) is 0.489. The molecular formula is C22H24N8. The van der Waals surface area contributed by atoms with Gasteiger partial charge in [0.25, 0.3) is 0 Å². The molecule has 0 atom stereocenters. The zero-order chi connectivity index (χ0) is 20.0. The second kappa shape index (κ2) is 6.91. The Kier molecular flexibility index (Phi) is 4.05. The topological polar surface area (TPSA) is 98.4 Å². The Hall–Kier alpha value is -3.26. The zero-order valence-corrected chi connectivity index (χ0v) is 16.7. The van der Waals surface area contributed by atoms with Crippen LogP contribution < -0.4 is 10.2 Å².